The van der Waals surface area contributed by atoms with Crippen LogP contribution in [0.4, 0.5) is 0 Å². The Kier molecular flexibility index (Phi) is 6.87. The van der Waals surface area contributed by atoms with Crippen molar-refractivity contribution >= 4 is 0 Å². The van der Waals surface area contributed by atoms with Crippen LogP contribution in [0.1, 0.15) is 38.4 Å². The number of benzene rings is 1. The lowest BCUT2D eigenvalue weighted by molar-refractivity contribution is -0.917. The lowest BCUT2D eigenvalue weighted by Crippen LogP contribution is -3.12. The monoisotopic (exact) mass is 315 g/mol. The van der Waals surface area contributed by atoms with Gasteiger partial charge in [0, 0.05) is 12.7 Å². The van der Waals surface area contributed by atoms with Crippen molar-refractivity contribution in [3.63, 3.8) is 0 Å². The van der Waals surface area contributed by atoms with Crippen LogP contribution >= 0.6 is 0 Å². The smallest absolute Gasteiger partial charge is 0.118 e. The van der Waals surface area contributed by atoms with Gasteiger partial charge in [0.1, 0.15) is 19.2 Å². The van der Waals surface area contributed by atoms with Gasteiger partial charge in [0.2, 0.25) is 0 Å². The summed E-state index contributed by atoms with van der Waals surface area (Å²) in [4.78, 5) is 1.46. The van der Waals surface area contributed by atoms with Crippen molar-refractivity contribution in [1.82, 2.24) is 4.57 Å². The van der Waals surface area contributed by atoms with Gasteiger partial charge in [-0.15, -0.1) is 0 Å². The number of rotatable bonds is 9. The van der Waals surface area contributed by atoms with E-state index in [0.717, 1.165) is 26.2 Å². The first kappa shape index (κ1) is 17.8. The third-order valence-corrected chi connectivity index (χ3v) is 4.21. The topological polar surface area (TPSA) is 29.6 Å². The maximum Gasteiger partial charge on any atom is 0.118 e. The van der Waals surface area contributed by atoms with Gasteiger partial charge in [-0.25, -0.2) is 0 Å². The summed E-state index contributed by atoms with van der Waals surface area (Å²) in [7, 11) is 0. The van der Waals surface area contributed by atoms with Gasteiger partial charge in [-0.1, -0.05) is 44.2 Å². The Bertz CT molecular complexity index is 560. The van der Waals surface area contributed by atoms with Gasteiger partial charge in [-0.05, 0) is 37.0 Å². The van der Waals surface area contributed by atoms with Crippen LogP contribution < -0.4 is 4.90 Å². The zero-order valence-corrected chi connectivity index (χ0v) is 14.7. The summed E-state index contributed by atoms with van der Waals surface area (Å²) in [5.41, 5.74) is 2.66. The summed E-state index contributed by atoms with van der Waals surface area (Å²) >= 11 is 0. The van der Waals surface area contributed by atoms with Crippen molar-refractivity contribution in [3.05, 3.63) is 59.9 Å². The predicted molar refractivity (Wildman–Crippen MR) is 95.5 cm³/mol. The Hall–Kier alpha value is -1.58. The summed E-state index contributed by atoms with van der Waals surface area (Å²) in [5, 5.41) is 9.79. The number of quaternary nitrogens is 1. The highest BCUT2D eigenvalue weighted by Gasteiger charge is 2.15. The largest absolute Gasteiger partial charge is 0.388 e. The van der Waals surface area contributed by atoms with E-state index in [4.69, 9.17) is 0 Å². The second-order valence-corrected chi connectivity index (χ2v) is 7.03. The van der Waals surface area contributed by atoms with E-state index in [0.29, 0.717) is 5.92 Å². The van der Waals surface area contributed by atoms with Crippen LogP contribution in [0.15, 0.2) is 48.7 Å². The molecule has 2 N–H and O–H groups in total. The fraction of sp³-hybridized carbons (Fsp3) is 0.500. The van der Waals surface area contributed by atoms with Gasteiger partial charge in [0.25, 0.3) is 0 Å². The highest BCUT2D eigenvalue weighted by molar-refractivity contribution is 5.17. The maximum absolute atomic E-state index is 9.79. The second kappa shape index (κ2) is 8.90. The zero-order valence-electron chi connectivity index (χ0n) is 14.7. The van der Waals surface area contributed by atoms with Gasteiger partial charge in [-0.3, -0.25) is 0 Å². The van der Waals surface area contributed by atoms with E-state index in [-0.39, 0.29) is 6.10 Å². The number of aliphatic hydroxyl groups excluding tert-OH is 1. The molecular formula is C20H31N2O+. The van der Waals surface area contributed by atoms with E-state index in [2.05, 4.69) is 67.1 Å². The molecule has 2 rings (SSSR count). The first-order valence-electron chi connectivity index (χ1n) is 8.74. The van der Waals surface area contributed by atoms with Crippen LogP contribution in [0.25, 0.3) is 0 Å². The van der Waals surface area contributed by atoms with Gasteiger partial charge < -0.3 is 14.6 Å². The fourth-order valence-electron chi connectivity index (χ4n) is 2.97. The predicted octanol–water partition coefficient (Wildman–Crippen LogP) is 2.35. The van der Waals surface area contributed by atoms with Crippen molar-refractivity contribution in [2.75, 3.05) is 13.1 Å². The van der Waals surface area contributed by atoms with E-state index in [1.54, 1.807) is 0 Å². The number of hydrogen-bond donors (Lipinski definition) is 2. The minimum absolute atomic E-state index is 0.255. The Morgan fingerprint density at radius 1 is 1.04 bits per heavy atom. The first-order chi connectivity index (χ1) is 11.0. The summed E-state index contributed by atoms with van der Waals surface area (Å²) in [6, 6.07) is 14.9. The number of nitrogens with one attached hydrogen (secondary N) is 1. The highest BCUT2D eigenvalue weighted by atomic mass is 16.3. The van der Waals surface area contributed by atoms with Crippen LogP contribution in [0.5, 0.6) is 0 Å². The molecule has 1 unspecified atom stereocenters. The average molecular weight is 315 g/mol. The Morgan fingerprint density at radius 3 is 2.43 bits per heavy atom. The van der Waals surface area contributed by atoms with Crippen molar-refractivity contribution in [1.29, 1.82) is 0 Å². The Balaban J connectivity index is 2.03. The summed E-state index contributed by atoms with van der Waals surface area (Å²) in [6.45, 7) is 10.2. The number of hydrogen-bond acceptors (Lipinski definition) is 1. The molecule has 0 saturated heterocycles. The molecule has 1 heterocycles. The van der Waals surface area contributed by atoms with Gasteiger partial charge in [-0.2, -0.15) is 0 Å². The van der Waals surface area contributed by atoms with Gasteiger partial charge in [0.15, 0.2) is 0 Å². The SMILES string of the molecule is CC(C)CC[NH+](Cc1cccn1Cc1ccccc1)C[C@@H](C)O. The summed E-state index contributed by atoms with van der Waals surface area (Å²) in [6.07, 6.45) is 3.10. The highest BCUT2D eigenvalue weighted by Crippen LogP contribution is 2.07. The molecule has 2 aromatic rings. The third-order valence-electron chi connectivity index (χ3n) is 4.21. The van der Waals surface area contributed by atoms with Crippen LogP contribution in [0, 0.1) is 5.92 Å². The molecule has 0 aliphatic rings. The van der Waals surface area contributed by atoms with E-state index in [1.165, 1.54) is 22.6 Å². The van der Waals surface area contributed by atoms with E-state index < -0.39 is 0 Å². The van der Waals surface area contributed by atoms with E-state index in [9.17, 15) is 5.11 Å². The summed E-state index contributed by atoms with van der Waals surface area (Å²) < 4.78 is 2.33. The molecule has 0 radical (unpaired) electrons. The van der Waals surface area contributed by atoms with Crippen LogP contribution in [0.2, 0.25) is 0 Å². The molecule has 2 atom stereocenters. The maximum atomic E-state index is 9.79. The van der Waals surface area contributed by atoms with E-state index in [1.807, 2.05) is 6.92 Å². The third kappa shape index (κ3) is 6.20. The molecule has 3 nitrogen and oxygen atoms in total. The number of aliphatic hydroxyl groups is 1. The normalized spacial score (nSPS) is 14.1. The zero-order chi connectivity index (χ0) is 16.7. The Labute approximate surface area is 140 Å². The Morgan fingerprint density at radius 2 is 1.78 bits per heavy atom. The lowest BCUT2D eigenvalue weighted by atomic mass is 10.1. The lowest BCUT2D eigenvalue weighted by Gasteiger charge is -2.22. The second-order valence-electron chi connectivity index (χ2n) is 7.03. The van der Waals surface area contributed by atoms with Crippen molar-refractivity contribution in [2.45, 2.75) is 46.4 Å². The first-order valence-corrected chi connectivity index (χ1v) is 8.74. The standard InChI is InChI=1S/C20H30N2O/c1-17(2)11-13-21(14-18(3)23)16-20-10-7-12-22(20)15-19-8-5-4-6-9-19/h4-10,12,17-18,23H,11,13-16H2,1-3H3/p+1/t18-/m1/s1. The molecule has 0 bridgehead atoms. The molecule has 0 fully saturated rings. The molecule has 0 spiro atoms. The molecule has 0 amide bonds. The average Bonchev–Trinajstić information content (AvgIpc) is 2.92. The van der Waals surface area contributed by atoms with Crippen LogP contribution in [0.3, 0.4) is 0 Å². The molecule has 3 heteroatoms. The molecular weight excluding hydrogens is 284 g/mol. The number of nitrogens with zero attached hydrogens (tertiary/aromatic N) is 1. The minimum Gasteiger partial charge on any atom is -0.388 e. The van der Waals surface area contributed by atoms with Crippen LogP contribution in [-0.4, -0.2) is 28.9 Å². The molecule has 0 aliphatic carbocycles. The fourth-order valence-corrected chi connectivity index (χ4v) is 2.97. The molecule has 23 heavy (non-hydrogen) atoms. The quantitative estimate of drug-likeness (QED) is 0.731. The van der Waals surface area contributed by atoms with Crippen molar-refractivity contribution in [2.24, 2.45) is 5.92 Å². The molecule has 1 aromatic carbocycles. The van der Waals surface area contributed by atoms with E-state index >= 15 is 0 Å². The molecule has 1 aromatic heterocycles. The van der Waals surface area contributed by atoms with Crippen molar-refractivity contribution in [3.8, 4) is 0 Å². The van der Waals surface area contributed by atoms with Crippen molar-refractivity contribution < 1.29 is 10.0 Å². The van der Waals surface area contributed by atoms with Gasteiger partial charge in [0.05, 0.1) is 12.2 Å². The molecule has 0 aliphatic heterocycles. The molecule has 126 valence electrons. The minimum atomic E-state index is -0.255. The molecule has 0 saturated carbocycles. The van der Waals surface area contributed by atoms with Gasteiger partial charge >= 0.3 is 0 Å². The van der Waals surface area contributed by atoms with Crippen LogP contribution in [-0.2, 0) is 13.1 Å². The summed E-state index contributed by atoms with van der Waals surface area (Å²) in [5.74, 6) is 0.704. The number of aromatic nitrogens is 1.